The van der Waals surface area contributed by atoms with Crippen molar-refractivity contribution in [2.75, 3.05) is 0 Å². The van der Waals surface area contributed by atoms with Crippen molar-refractivity contribution >= 4 is 11.8 Å². The van der Waals surface area contributed by atoms with Gasteiger partial charge in [-0.2, -0.15) is 5.26 Å². The first-order valence-electron chi connectivity index (χ1n) is 5.39. The summed E-state index contributed by atoms with van der Waals surface area (Å²) in [5, 5.41) is 9.09. The summed E-state index contributed by atoms with van der Waals surface area (Å²) in [6.45, 7) is 0.402. The van der Waals surface area contributed by atoms with Gasteiger partial charge in [-0.1, -0.05) is 23.9 Å². The van der Waals surface area contributed by atoms with E-state index in [0.717, 1.165) is 15.4 Å². The number of nitrogens with zero attached hydrogens (tertiary/aromatic N) is 1. The number of hydrogen-bond acceptors (Lipinski definition) is 3. The van der Waals surface area contributed by atoms with Crippen LogP contribution < -0.4 is 5.73 Å². The van der Waals surface area contributed by atoms with Crippen molar-refractivity contribution in [3.63, 3.8) is 0 Å². The van der Waals surface area contributed by atoms with Crippen molar-refractivity contribution in [1.29, 1.82) is 5.26 Å². The molecule has 2 N–H and O–H groups in total. The standard InChI is InChI=1S/C14H11FN2S/c15-12-2-1-3-13(7-12)18-14-5-4-10(8-16)6-11(14)9-17/h1-7H,8,16H2. The fourth-order valence-corrected chi connectivity index (χ4v) is 2.46. The fraction of sp³-hybridized carbons (Fsp3) is 0.0714. The lowest BCUT2D eigenvalue weighted by molar-refractivity contribution is 0.624. The minimum atomic E-state index is -0.280. The zero-order chi connectivity index (χ0) is 13.0. The molecule has 0 aliphatic rings. The highest BCUT2D eigenvalue weighted by molar-refractivity contribution is 7.99. The van der Waals surface area contributed by atoms with E-state index < -0.39 is 0 Å². The largest absolute Gasteiger partial charge is 0.326 e. The lowest BCUT2D eigenvalue weighted by atomic mass is 10.1. The number of nitriles is 1. The molecule has 0 unspecified atom stereocenters. The average Bonchev–Trinajstić information content (AvgIpc) is 2.39. The van der Waals surface area contributed by atoms with Crippen LogP contribution in [0.15, 0.2) is 52.3 Å². The van der Waals surface area contributed by atoms with Gasteiger partial charge >= 0.3 is 0 Å². The Morgan fingerprint density at radius 2 is 2.06 bits per heavy atom. The average molecular weight is 258 g/mol. The van der Waals surface area contributed by atoms with E-state index in [0.29, 0.717) is 12.1 Å². The van der Waals surface area contributed by atoms with E-state index in [1.165, 1.54) is 23.9 Å². The second-order valence-electron chi connectivity index (χ2n) is 3.71. The predicted octanol–water partition coefficient (Wildman–Crippen LogP) is 3.31. The molecule has 2 aromatic rings. The van der Waals surface area contributed by atoms with Crippen molar-refractivity contribution in [3.05, 3.63) is 59.4 Å². The molecule has 0 bridgehead atoms. The van der Waals surface area contributed by atoms with Crippen molar-refractivity contribution in [3.8, 4) is 6.07 Å². The molecule has 0 aromatic heterocycles. The van der Waals surface area contributed by atoms with Crippen LogP contribution in [0.5, 0.6) is 0 Å². The molecule has 0 saturated heterocycles. The number of nitrogens with two attached hydrogens (primary N) is 1. The van der Waals surface area contributed by atoms with E-state index in [1.54, 1.807) is 12.1 Å². The van der Waals surface area contributed by atoms with Gasteiger partial charge in [-0.15, -0.1) is 0 Å². The third kappa shape index (κ3) is 2.89. The van der Waals surface area contributed by atoms with Crippen molar-refractivity contribution in [2.45, 2.75) is 16.3 Å². The van der Waals surface area contributed by atoms with Crippen LogP contribution in [0.4, 0.5) is 4.39 Å². The van der Waals surface area contributed by atoms with Crippen LogP contribution in [-0.2, 0) is 6.54 Å². The third-order valence-corrected chi connectivity index (χ3v) is 3.49. The van der Waals surface area contributed by atoms with Crippen LogP contribution in [0.2, 0.25) is 0 Å². The van der Waals surface area contributed by atoms with Gasteiger partial charge in [0.15, 0.2) is 0 Å². The van der Waals surface area contributed by atoms with E-state index >= 15 is 0 Å². The van der Waals surface area contributed by atoms with Crippen LogP contribution in [0.1, 0.15) is 11.1 Å². The maximum absolute atomic E-state index is 13.1. The lowest BCUT2D eigenvalue weighted by Gasteiger charge is -2.05. The Hall–Kier alpha value is -1.83. The summed E-state index contributed by atoms with van der Waals surface area (Å²) >= 11 is 1.37. The topological polar surface area (TPSA) is 49.8 Å². The minimum Gasteiger partial charge on any atom is -0.326 e. The van der Waals surface area contributed by atoms with Crippen molar-refractivity contribution in [1.82, 2.24) is 0 Å². The molecule has 18 heavy (non-hydrogen) atoms. The van der Waals surface area contributed by atoms with Gasteiger partial charge in [0.1, 0.15) is 11.9 Å². The smallest absolute Gasteiger partial charge is 0.124 e. The van der Waals surface area contributed by atoms with Crippen LogP contribution in [0.25, 0.3) is 0 Å². The van der Waals surface area contributed by atoms with Gasteiger partial charge in [0.2, 0.25) is 0 Å². The molecule has 2 rings (SSSR count). The molecule has 0 aliphatic heterocycles. The van der Waals surface area contributed by atoms with Gasteiger partial charge in [-0.05, 0) is 35.9 Å². The van der Waals surface area contributed by atoms with Gasteiger partial charge in [0, 0.05) is 16.3 Å². The fourth-order valence-electron chi connectivity index (χ4n) is 1.54. The zero-order valence-electron chi connectivity index (χ0n) is 9.56. The molecule has 0 aliphatic carbocycles. The molecular weight excluding hydrogens is 247 g/mol. The lowest BCUT2D eigenvalue weighted by Crippen LogP contribution is -1.96. The van der Waals surface area contributed by atoms with Crippen LogP contribution in [-0.4, -0.2) is 0 Å². The van der Waals surface area contributed by atoms with Gasteiger partial charge in [-0.3, -0.25) is 0 Å². The predicted molar refractivity (Wildman–Crippen MR) is 69.6 cm³/mol. The van der Waals surface area contributed by atoms with E-state index in [2.05, 4.69) is 6.07 Å². The van der Waals surface area contributed by atoms with E-state index in [-0.39, 0.29) is 5.82 Å². The molecule has 4 heteroatoms. The number of hydrogen-bond donors (Lipinski definition) is 1. The van der Waals surface area contributed by atoms with Crippen LogP contribution in [0, 0.1) is 17.1 Å². The van der Waals surface area contributed by atoms with Crippen LogP contribution in [0.3, 0.4) is 0 Å². The maximum Gasteiger partial charge on any atom is 0.124 e. The maximum atomic E-state index is 13.1. The molecule has 2 nitrogen and oxygen atoms in total. The Labute approximate surface area is 109 Å². The molecule has 0 saturated carbocycles. The third-order valence-electron chi connectivity index (χ3n) is 2.42. The summed E-state index contributed by atoms with van der Waals surface area (Å²) in [4.78, 5) is 1.58. The molecule has 90 valence electrons. The molecule has 2 aromatic carbocycles. The van der Waals surface area contributed by atoms with Gasteiger partial charge < -0.3 is 5.73 Å². The number of halogens is 1. The SMILES string of the molecule is N#Cc1cc(CN)ccc1Sc1cccc(F)c1. The summed E-state index contributed by atoms with van der Waals surface area (Å²) in [6, 6.07) is 13.9. The summed E-state index contributed by atoms with van der Waals surface area (Å²) in [7, 11) is 0. The summed E-state index contributed by atoms with van der Waals surface area (Å²) < 4.78 is 13.1. The first-order chi connectivity index (χ1) is 8.72. The van der Waals surface area contributed by atoms with Gasteiger partial charge in [0.25, 0.3) is 0 Å². The Morgan fingerprint density at radius 1 is 1.22 bits per heavy atom. The Morgan fingerprint density at radius 3 is 2.72 bits per heavy atom. The molecular formula is C14H11FN2S. The van der Waals surface area contributed by atoms with E-state index in [1.807, 2.05) is 18.2 Å². The minimum absolute atomic E-state index is 0.280. The Bertz CT molecular complexity index is 605. The van der Waals surface area contributed by atoms with E-state index in [9.17, 15) is 4.39 Å². The van der Waals surface area contributed by atoms with E-state index in [4.69, 9.17) is 11.0 Å². The molecule has 0 spiro atoms. The first kappa shape index (κ1) is 12.6. The summed E-state index contributed by atoms with van der Waals surface area (Å²) in [5.74, 6) is -0.280. The molecule has 0 amide bonds. The molecule has 0 radical (unpaired) electrons. The highest BCUT2D eigenvalue weighted by Crippen LogP contribution is 2.31. The van der Waals surface area contributed by atoms with Crippen molar-refractivity contribution < 1.29 is 4.39 Å². The highest BCUT2D eigenvalue weighted by atomic mass is 32.2. The highest BCUT2D eigenvalue weighted by Gasteiger charge is 2.05. The number of rotatable bonds is 3. The summed E-state index contributed by atoms with van der Waals surface area (Å²) in [5.41, 5.74) is 7.00. The Kier molecular flexibility index (Phi) is 3.98. The normalized spacial score (nSPS) is 10.1. The molecule has 0 atom stereocenters. The monoisotopic (exact) mass is 258 g/mol. The summed E-state index contributed by atoms with van der Waals surface area (Å²) in [6.07, 6.45) is 0. The Balaban J connectivity index is 2.32. The first-order valence-corrected chi connectivity index (χ1v) is 6.21. The molecule has 0 heterocycles. The quantitative estimate of drug-likeness (QED) is 0.918. The number of benzene rings is 2. The second kappa shape index (κ2) is 5.67. The van der Waals surface area contributed by atoms with Crippen molar-refractivity contribution in [2.24, 2.45) is 5.73 Å². The zero-order valence-corrected chi connectivity index (χ0v) is 10.4. The van der Waals surface area contributed by atoms with Crippen LogP contribution >= 0.6 is 11.8 Å². The molecule has 0 fully saturated rings. The van der Waals surface area contributed by atoms with Gasteiger partial charge in [0.05, 0.1) is 5.56 Å². The van der Waals surface area contributed by atoms with Gasteiger partial charge in [-0.25, -0.2) is 4.39 Å². The second-order valence-corrected chi connectivity index (χ2v) is 4.82.